The normalized spacial score (nSPS) is 25.8. The molecule has 6 atom stereocenters. The van der Waals surface area contributed by atoms with E-state index in [0.717, 1.165) is 12.0 Å². The largest absolute Gasteiger partial charge is 0.472 e. The first kappa shape index (κ1) is 40.6. The van der Waals surface area contributed by atoms with Crippen molar-refractivity contribution >= 4 is 45.4 Å². The van der Waals surface area contributed by atoms with Crippen molar-refractivity contribution in [2.45, 2.75) is 121 Å². The number of rotatable bonds is 5. The second-order valence-corrected chi connectivity index (χ2v) is 18.9. The lowest BCUT2D eigenvalue weighted by Crippen LogP contribution is -2.65. The van der Waals surface area contributed by atoms with Gasteiger partial charge in [-0.3, -0.25) is 15.1 Å². The van der Waals surface area contributed by atoms with Crippen LogP contribution in [0, 0.1) is 18.2 Å². The van der Waals surface area contributed by atoms with E-state index in [-0.39, 0.29) is 65.7 Å². The molecule has 2 aromatic heterocycles. The number of hydrogen-bond acceptors (Lipinski definition) is 11. The van der Waals surface area contributed by atoms with Crippen molar-refractivity contribution in [2.24, 2.45) is 0 Å². The van der Waals surface area contributed by atoms with Crippen molar-refractivity contribution < 1.29 is 37.3 Å². The van der Waals surface area contributed by atoms with Crippen LogP contribution in [-0.4, -0.2) is 110 Å². The van der Waals surface area contributed by atoms with Gasteiger partial charge in [0.2, 0.25) is 5.88 Å². The minimum absolute atomic E-state index is 0.0200. The maximum atomic E-state index is 17.9. The fraction of sp³-hybridized carbons (Fsp3) is 0.500. The van der Waals surface area contributed by atoms with E-state index >= 15 is 4.39 Å². The smallest absolute Gasteiger partial charge is 0.412 e. The minimum atomic E-state index is -1.05. The number of anilines is 2. The molecule has 1 unspecified atom stereocenters. The highest BCUT2D eigenvalue weighted by Gasteiger charge is 2.55. The summed E-state index contributed by atoms with van der Waals surface area (Å²) in [4.78, 5) is 47.4. The molecule has 2 bridgehead atoms. The molecule has 2 amide bonds. The number of halogens is 2. The second-order valence-electron chi connectivity index (χ2n) is 18.9. The van der Waals surface area contributed by atoms with Gasteiger partial charge in [-0.25, -0.2) is 23.4 Å². The molecule has 0 radical (unpaired) electrons. The summed E-state index contributed by atoms with van der Waals surface area (Å²) in [6.07, 6.45) is 5.64. The number of piperazine rings is 1. The molecule has 13 nitrogen and oxygen atoms in total. The van der Waals surface area contributed by atoms with E-state index in [2.05, 4.69) is 27.6 Å². The highest BCUT2D eigenvalue weighted by Crippen LogP contribution is 2.48. The Labute approximate surface area is 353 Å². The van der Waals surface area contributed by atoms with Crippen LogP contribution < -0.4 is 19.7 Å². The molecule has 9 rings (SSSR count). The first-order chi connectivity index (χ1) is 28.8. The van der Waals surface area contributed by atoms with E-state index in [1.54, 1.807) is 45.0 Å². The number of terminal acetylenes is 1. The van der Waals surface area contributed by atoms with Gasteiger partial charge in [-0.2, -0.15) is 9.97 Å². The number of fused-ring (bicyclic) bond motifs is 7. The average Bonchev–Trinajstić information content (AvgIpc) is 3.75. The van der Waals surface area contributed by atoms with Crippen LogP contribution >= 0.6 is 0 Å². The summed E-state index contributed by atoms with van der Waals surface area (Å²) < 4.78 is 57.5. The lowest BCUT2D eigenvalue weighted by atomic mass is 9.90. The number of alkyl halides is 1. The van der Waals surface area contributed by atoms with Gasteiger partial charge in [0, 0.05) is 48.3 Å². The van der Waals surface area contributed by atoms with Gasteiger partial charge in [-0.15, -0.1) is 6.42 Å². The van der Waals surface area contributed by atoms with Crippen LogP contribution in [0.3, 0.4) is 0 Å². The Bertz CT molecular complexity index is 2550. The summed E-state index contributed by atoms with van der Waals surface area (Å²) >= 11 is 0. The zero-order valence-corrected chi connectivity index (χ0v) is 35.6. The number of pyridine rings is 1. The third-order valence-corrected chi connectivity index (χ3v) is 12.5. The van der Waals surface area contributed by atoms with Gasteiger partial charge in [-0.1, -0.05) is 30.2 Å². The first-order valence-corrected chi connectivity index (χ1v) is 20.9. The molecule has 2 aromatic carbocycles. The fourth-order valence-electron chi connectivity index (χ4n) is 10.1. The molecule has 5 aliphatic rings. The standard InChI is InChI=1S/C46H51F2N7O6/c1-10-26-12-11-13-27-18-29(49-42(56)60-44(4,5)6)19-31(33(26)27)36-35(48)37-34-39(52-41(51-37)58-23-46-20-28(47)21-53(46)17-16-24(46)2)54-22-30-14-15-32(38(54)25(3)59-40(34)50-36)55(30)43(57)61-45(7,8)9/h1,11-13,18-19,25,28,30,32,38H,2,14-17,20-23H2,3-9H3,(H,49,56)/t25-,28+,30+,32-,38+,46?/m0/s1. The number of benzene rings is 2. The van der Waals surface area contributed by atoms with E-state index in [1.807, 2.05) is 38.7 Å². The predicted octanol–water partition coefficient (Wildman–Crippen LogP) is 8.17. The summed E-state index contributed by atoms with van der Waals surface area (Å²) in [7, 11) is 0. The molecule has 4 fully saturated rings. The molecule has 0 saturated carbocycles. The van der Waals surface area contributed by atoms with E-state index < -0.39 is 53.1 Å². The quantitative estimate of drug-likeness (QED) is 0.154. The molecular weight excluding hydrogens is 785 g/mol. The Hall–Kier alpha value is -5.75. The number of nitrogens with zero attached hydrogens (tertiary/aromatic N) is 6. The number of aromatic nitrogens is 3. The van der Waals surface area contributed by atoms with Gasteiger partial charge < -0.3 is 23.8 Å². The summed E-state index contributed by atoms with van der Waals surface area (Å²) in [5.41, 5.74) is -0.522. The van der Waals surface area contributed by atoms with Crippen LogP contribution in [0.1, 0.15) is 79.7 Å². The molecule has 4 saturated heterocycles. The van der Waals surface area contributed by atoms with Crippen molar-refractivity contribution in [1.29, 1.82) is 0 Å². The highest BCUT2D eigenvalue weighted by molar-refractivity contribution is 6.06. The van der Waals surface area contributed by atoms with Gasteiger partial charge in [0.1, 0.15) is 52.5 Å². The number of nitrogens with one attached hydrogen (secondary N) is 1. The first-order valence-electron chi connectivity index (χ1n) is 20.9. The Morgan fingerprint density at radius 2 is 1.84 bits per heavy atom. The summed E-state index contributed by atoms with van der Waals surface area (Å²) in [5.74, 6) is 2.36. The van der Waals surface area contributed by atoms with Crippen molar-refractivity contribution in [1.82, 2.24) is 24.8 Å². The van der Waals surface area contributed by atoms with E-state index in [0.29, 0.717) is 53.8 Å². The summed E-state index contributed by atoms with van der Waals surface area (Å²) in [6, 6.07) is 7.57. The molecule has 5 aliphatic heterocycles. The van der Waals surface area contributed by atoms with Gasteiger partial charge in [0.25, 0.3) is 0 Å². The molecular formula is C46H51F2N7O6. The van der Waals surface area contributed by atoms with Crippen LogP contribution in [0.4, 0.5) is 29.9 Å². The number of amides is 2. The highest BCUT2D eigenvalue weighted by atomic mass is 19.1. The lowest BCUT2D eigenvalue weighted by molar-refractivity contribution is 0.000914. The monoisotopic (exact) mass is 835 g/mol. The maximum absolute atomic E-state index is 17.9. The van der Waals surface area contributed by atoms with Gasteiger partial charge in [-0.05, 0) is 91.3 Å². The number of carbonyl (C=O) groups is 2. The van der Waals surface area contributed by atoms with Crippen molar-refractivity contribution in [3.8, 4) is 35.5 Å². The van der Waals surface area contributed by atoms with E-state index in [4.69, 9.17) is 40.3 Å². The number of hydrogen-bond donors (Lipinski definition) is 1. The van der Waals surface area contributed by atoms with Crippen LogP contribution in [0.25, 0.3) is 32.9 Å². The van der Waals surface area contributed by atoms with Crippen LogP contribution in [-0.2, 0) is 9.47 Å². The molecule has 320 valence electrons. The Kier molecular flexibility index (Phi) is 9.61. The Morgan fingerprint density at radius 1 is 1.07 bits per heavy atom. The van der Waals surface area contributed by atoms with Crippen LogP contribution in [0.2, 0.25) is 0 Å². The lowest BCUT2D eigenvalue weighted by Gasteiger charge is -2.48. The van der Waals surface area contributed by atoms with Crippen LogP contribution in [0.15, 0.2) is 42.5 Å². The topological polar surface area (TPSA) is 131 Å². The number of ether oxygens (including phenoxy) is 4. The number of carbonyl (C=O) groups excluding carboxylic acids is 2. The second kappa shape index (κ2) is 14.4. The Morgan fingerprint density at radius 3 is 2.57 bits per heavy atom. The zero-order valence-electron chi connectivity index (χ0n) is 35.6. The summed E-state index contributed by atoms with van der Waals surface area (Å²) in [5, 5.41) is 4.17. The molecule has 0 spiro atoms. The van der Waals surface area contributed by atoms with Crippen LogP contribution in [0.5, 0.6) is 11.9 Å². The van der Waals surface area contributed by atoms with Crippen molar-refractivity contribution in [3.05, 3.63) is 53.9 Å². The third kappa shape index (κ3) is 7.02. The molecule has 7 heterocycles. The average molecular weight is 836 g/mol. The molecule has 0 aliphatic carbocycles. The summed E-state index contributed by atoms with van der Waals surface area (Å²) in [6.45, 7) is 18.3. The van der Waals surface area contributed by atoms with Crippen molar-refractivity contribution in [2.75, 3.05) is 36.5 Å². The van der Waals surface area contributed by atoms with Gasteiger partial charge in [0.15, 0.2) is 5.82 Å². The minimum Gasteiger partial charge on any atom is -0.472 e. The molecule has 4 aromatic rings. The Balaban J connectivity index is 1.22. The van der Waals surface area contributed by atoms with Gasteiger partial charge >= 0.3 is 18.2 Å². The molecule has 1 N–H and O–H groups in total. The van der Waals surface area contributed by atoms with Gasteiger partial charge in [0.05, 0.1) is 23.7 Å². The third-order valence-electron chi connectivity index (χ3n) is 12.5. The zero-order chi connectivity index (χ0) is 43.3. The van der Waals surface area contributed by atoms with E-state index in [9.17, 15) is 14.0 Å². The van der Waals surface area contributed by atoms with Crippen molar-refractivity contribution in [3.63, 3.8) is 0 Å². The predicted molar refractivity (Wildman–Crippen MR) is 227 cm³/mol. The van der Waals surface area contributed by atoms with E-state index in [1.165, 1.54) is 0 Å². The molecule has 15 heteroatoms. The molecule has 61 heavy (non-hydrogen) atoms. The maximum Gasteiger partial charge on any atom is 0.412 e. The fourth-order valence-corrected chi connectivity index (χ4v) is 10.1. The SMILES string of the molecule is C#Cc1cccc2cc(NC(=O)OC(C)(C)C)cc(-c3nc4c5c(nc(OCC67C[C@@H](F)CN6CCC7=C)nc5c3F)N3C[C@H]5CC[C@@H]([C@H]3[C@H](C)O4)N5C(=O)OC(C)(C)C)c12.